The van der Waals surface area contributed by atoms with Crippen molar-refractivity contribution in [3.05, 3.63) is 18.5 Å². The number of carbonyl (C=O) groups is 2. The lowest BCUT2D eigenvalue weighted by atomic mass is 10.0. The number of rotatable bonds is 1. The standard InChI is InChI=1S/C17H23N5O4/c23-14(20-6-2-17(3-7-20)25-12-13-26-17)15(24)21-8-10-22(11-9-21)16-18-4-1-5-19-16/h1,4-5H,2-3,6-13H2. The molecular weight excluding hydrogens is 338 g/mol. The number of ether oxygens (including phenoxy) is 2. The minimum absolute atomic E-state index is 0.428. The molecule has 3 fully saturated rings. The summed E-state index contributed by atoms with van der Waals surface area (Å²) in [6.45, 7) is 4.40. The Morgan fingerprint density at radius 1 is 0.846 bits per heavy atom. The predicted octanol–water partition coefficient (Wildman–Crippen LogP) is -0.509. The van der Waals surface area contributed by atoms with Crippen molar-refractivity contribution < 1.29 is 19.1 Å². The molecule has 0 aliphatic carbocycles. The van der Waals surface area contributed by atoms with Gasteiger partial charge >= 0.3 is 11.8 Å². The fraction of sp³-hybridized carbons (Fsp3) is 0.647. The fourth-order valence-corrected chi connectivity index (χ4v) is 3.67. The molecule has 2 amide bonds. The highest BCUT2D eigenvalue weighted by molar-refractivity contribution is 6.34. The van der Waals surface area contributed by atoms with E-state index in [4.69, 9.17) is 9.47 Å². The van der Waals surface area contributed by atoms with E-state index in [9.17, 15) is 9.59 Å². The number of hydrogen-bond acceptors (Lipinski definition) is 7. The Labute approximate surface area is 151 Å². The molecule has 0 aromatic carbocycles. The van der Waals surface area contributed by atoms with Crippen LogP contribution in [0.4, 0.5) is 5.95 Å². The highest BCUT2D eigenvalue weighted by Gasteiger charge is 2.42. The minimum Gasteiger partial charge on any atom is -0.347 e. The van der Waals surface area contributed by atoms with Crippen LogP contribution in [0.15, 0.2) is 18.5 Å². The number of nitrogens with zero attached hydrogens (tertiary/aromatic N) is 5. The summed E-state index contributed by atoms with van der Waals surface area (Å²) in [5.74, 6) is -0.741. The Hall–Kier alpha value is -2.26. The molecule has 9 heteroatoms. The Morgan fingerprint density at radius 3 is 1.96 bits per heavy atom. The van der Waals surface area contributed by atoms with Crippen LogP contribution in [0.25, 0.3) is 0 Å². The Bertz CT molecular complexity index is 646. The van der Waals surface area contributed by atoms with Gasteiger partial charge < -0.3 is 24.2 Å². The SMILES string of the molecule is O=C(C(=O)N1CCC2(CC1)OCCO2)N1CCN(c2ncccn2)CC1. The lowest BCUT2D eigenvalue weighted by molar-refractivity contribution is -0.188. The predicted molar refractivity (Wildman–Crippen MR) is 91.3 cm³/mol. The normalized spacial score (nSPS) is 22.7. The molecule has 4 rings (SSSR count). The van der Waals surface area contributed by atoms with E-state index in [0.29, 0.717) is 71.3 Å². The molecule has 9 nitrogen and oxygen atoms in total. The molecule has 0 radical (unpaired) electrons. The van der Waals surface area contributed by atoms with Crippen LogP contribution in [-0.4, -0.2) is 89.9 Å². The van der Waals surface area contributed by atoms with Crippen LogP contribution in [0.2, 0.25) is 0 Å². The first kappa shape index (κ1) is 17.2. The van der Waals surface area contributed by atoms with Crippen LogP contribution in [0.5, 0.6) is 0 Å². The van der Waals surface area contributed by atoms with Crippen LogP contribution >= 0.6 is 0 Å². The van der Waals surface area contributed by atoms with Crippen LogP contribution in [0.1, 0.15) is 12.8 Å². The van der Waals surface area contributed by atoms with Gasteiger partial charge in [-0.1, -0.05) is 0 Å². The summed E-state index contributed by atoms with van der Waals surface area (Å²) in [6.07, 6.45) is 4.63. The first-order valence-corrected chi connectivity index (χ1v) is 9.05. The van der Waals surface area contributed by atoms with Crippen molar-refractivity contribution >= 4 is 17.8 Å². The van der Waals surface area contributed by atoms with Crippen molar-refractivity contribution in [3.63, 3.8) is 0 Å². The van der Waals surface area contributed by atoms with Gasteiger partial charge in [-0.05, 0) is 6.07 Å². The van der Waals surface area contributed by atoms with Crippen molar-refractivity contribution in [2.75, 3.05) is 57.4 Å². The summed E-state index contributed by atoms with van der Waals surface area (Å²) in [4.78, 5) is 38.9. The topological polar surface area (TPSA) is 88.1 Å². The summed E-state index contributed by atoms with van der Waals surface area (Å²) < 4.78 is 11.3. The molecule has 3 aliphatic rings. The van der Waals surface area contributed by atoms with Crippen molar-refractivity contribution in [1.82, 2.24) is 19.8 Å². The number of amides is 2. The zero-order chi connectivity index (χ0) is 18.0. The van der Waals surface area contributed by atoms with Crippen LogP contribution in [-0.2, 0) is 19.1 Å². The van der Waals surface area contributed by atoms with Gasteiger partial charge in [0.05, 0.1) is 13.2 Å². The zero-order valence-corrected chi connectivity index (χ0v) is 14.7. The minimum atomic E-state index is -0.541. The Morgan fingerprint density at radius 2 is 1.38 bits per heavy atom. The maximum absolute atomic E-state index is 12.6. The highest BCUT2D eigenvalue weighted by atomic mass is 16.7. The number of carbonyl (C=O) groups excluding carboxylic acids is 2. The molecule has 3 saturated heterocycles. The number of piperazine rings is 1. The van der Waals surface area contributed by atoms with Gasteiger partial charge in [-0.25, -0.2) is 9.97 Å². The number of likely N-dealkylation sites (tertiary alicyclic amines) is 1. The van der Waals surface area contributed by atoms with E-state index in [0.717, 1.165) is 0 Å². The molecule has 0 bridgehead atoms. The van der Waals surface area contributed by atoms with Gasteiger partial charge in [0.1, 0.15) is 0 Å². The quantitative estimate of drug-likeness (QED) is 0.623. The lowest BCUT2D eigenvalue weighted by Gasteiger charge is -2.39. The average molecular weight is 361 g/mol. The number of hydrogen-bond donors (Lipinski definition) is 0. The van der Waals surface area contributed by atoms with Gasteiger partial charge in [0.2, 0.25) is 5.95 Å². The largest absolute Gasteiger partial charge is 0.347 e. The van der Waals surface area contributed by atoms with Crippen LogP contribution < -0.4 is 4.90 Å². The maximum Gasteiger partial charge on any atom is 0.312 e. The van der Waals surface area contributed by atoms with Gasteiger partial charge in [-0.2, -0.15) is 0 Å². The smallest absolute Gasteiger partial charge is 0.312 e. The molecule has 4 heterocycles. The fourth-order valence-electron chi connectivity index (χ4n) is 3.67. The molecule has 0 atom stereocenters. The molecule has 140 valence electrons. The molecule has 0 N–H and O–H groups in total. The third-order valence-electron chi connectivity index (χ3n) is 5.21. The van der Waals surface area contributed by atoms with E-state index >= 15 is 0 Å². The van der Waals surface area contributed by atoms with Crippen LogP contribution in [0, 0.1) is 0 Å². The summed E-state index contributed by atoms with van der Waals surface area (Å²) in [6, 6.07) is 1.77. The monoisotopic (exact) mass is 361 g/mol. The summed E-state index contributed by atoms with van der Waals surface area (Å²) in [7, 11) is 0. The summed E-state index contributed by atoms with van der Waals surface area (Å²) >= 11 is 0. The van der Waals surface area contributed by atoms with Crippen molar-refractivity contribution in [2.24, 2.45) is 0 Å². The molecule has 1 aromatic heterocycles. The second-order valence-corrected chi connectivity index (χ2v) is 6.73. The molecule has 0 unspecified atom stereocenters. The lowest BCUT2D eigenvalue weighted by Crippen LogP contribution is -2.55. The van der Waals surface area contributed by atoms with Gasteiger partial charge in [0.25, 0.3) is 0 Å². The molecule has 1 spiro atoms. The first-order chi connectivity index (χ1) is 12.7. The van der Waals surface area contributed by atoms with Gasteiger partial charge in [-0.15, -0.1) is 0 Å². The number of aromatic nitrogens is 2. The molecule has 26 heavy (non-hydrogen) atoms. The van der Waals surface area contributed by atoms with Crippen molar-refractivity contribution in [2.45, 2.75) is 18.6 Å². The second-order valence-electron chi connectivity index (χ2n) is 6.73. The molecule has 1 aromatic rings. The third-order valence-corrected chi connectivity index (χ3v) is 5.21. The highest BCUT2D eigenvalue weighted by Crippen LogP contribution is 2.31. The molecule has 0 saturated carbocycles. The Kier molecular flexibility index (Phi) is 4.73. The maximum atomic E-state index is 12.6. The van der Waals surface area contributed by atoms with E-state index in [2.05, 4.69) is 9.97 Å². The van der Waals surface area contributed by atoms with E-state index in [1.54, 1.807) is 28.3 Å². The second kappa shape index (κ2) is 7.16. The van der Waals surface area contributed by atoms with E-state index in [-0.39, 0.29) is 0 Å². The Balaban J connectivity index is 1.29. The third kappa shape index (κ3) is 3.36. The summed E-state index contributed by atoms with van der Waals surface area (Å²) in [5.41, 5.74) is 0. The van der Waals surface area contributed by atoms with Gasteiger partial charge in [0, 0.05) is 64.5 Å². The number of anilines is 1. The van der Waals surface area contributed by atoms with Crippen molar-refractivity contribution in [3.8, 4) is 0 Å². The average Bonchev–Trinajstić information content (AvgIpc) is 3.16. The van der Waals surface area contributed by atoms with Gasteiger partial charge in [-0.3, -0.25) is 9.59 Å². The zero-order valence-electron chi connectivity index (χ0n) is 14.7. The van der Waals surface area contributed by atoms with Crippen molar-refractivity contribution in [1.29, 1.82) is 0 Å². The number of piperidine rings is 1. The first-order valence-electron chi connectivity index (χ1n) is 9.05. The molecular formula is C17H23N5O4. The summed E-state index contributed by atoms with van der Waals surface area (Å²) in [5, 5.41) is 0. The van der Waals surface area contributed by atoms with E-state index in [1.807, 2.05) is 4.90 Å². The van der Waals surface area contributed by atoms with E-state index < -0.39 is 17.6 Å². The molecule has 3 aliphatic heterocycles. The van der Waals surface area contributed by atoms with E-state index in [1.165, 1.54) is 0 Å². The van der Waals surface area contributed by atoms with Crippen LogP contribution in [0.3, 0.4) is 0 Å². The van der Waals surface area contributed by atoms with Gasteiger partial charge in [0.15, 0.2) is 5.79 Å².